The van der Waals surface area contributed by atoms with E-state index in [4.69, 9.17) is 5.11 Å². The van der Waals surface area contributed by atoms with Gasteiger partial charge in [-0.1, -0.05) is 25.2 Å². The average molecular weight is 228 g/mol. The van der Waals surface area contributed by atoms with E-state index in [-0.39, 0.29) is 6.61 Å². The Morgan fingerprint density at radius 2 is 2.13 bits per heavy atom. The smallest absolute Gasteiger partial charge is 0.185 e. The fraction of sp³-hybridized carbons (Fsp3) is 0.727. The molecule has 0 aliphatic carbocycles. The van der Waals surface area contributed by atoms with Crippen molar-refractivity contribution < 1.29 is 5.11 Å². The van der Waals surface area contributed by atoms with Gasteiger partial charge in [-0.05, 0) is 19.3 Å². The van der Waals surface area contributed by atoms with Crippen LogP contribution in [0.25, 0.3) is 0 Å². The highest BCUT2D eigenvalue weighted by atomic mass is 32.1. The van der Waals surface area contributed by atoms with Crippen molar-refractivity contribution in [2.45, 2.75) is 39.8 Å². The summed E-state index contributed by atoms with van der Waals surface area (Å²) in [6.07, 6.45) is 2.91. The molecule has 0 saturated carbocycles. The summed E-state index contributed by atoms with van der Waals surface area (Å²) in [7, 11) is 2.06. The Hall–Kier alpha value is -0.610. The highest BCUT2D eigenvalue weighted by Crippen LogP contribution is 2.24. The van der Waals surface area contributed by atoms with Crippen LogP contribution in [0.1, 0.15) is 32.1 Å². The molecule has 0 bridgehead atoms. The quantitative estimate of drug-likeness (QED) is 0.841. The van der Waals surface area contributed by atoms with Gasteiger partial charge in [-0.2, -0.15) is 0 Å². The van der Waals surface area contributed by atoms with Crippen LogP contribution in [0.3, 0.4) is 0 Å². The number of hydrogen-bond donors (Lipinski definition) is 1. The Bertz CT molecular complexity index is 299. The van der Waals surface area contributed by atoms with Gasteiger partial charge < -0.3 is 10.0 Å². The Kier molecular flexibility index (Phi) is 4.54. The van der Waals surface area contributed by atoms with Crippen LogP contribution in [0, 0.1) is 5.92 Å². The predicted molar refractivity (Wildman–Crippen MR) is 65.4 cm³/mol. The largest absolute Gasteiger partial charge is 0.391 e. The van der Waals surface area contributed by atoms with Gasteiger partial charge in [-0.15, -0.1) is 0 Å². The Labute approximate surface area is 95.8 Å². The van der Waals surface area contributed by atoms with Crippen molar-refractivity contribution in [1.29, 1.82) is 0 Å². The van der Waals surface area contributed by atoms with E-state index in [1.807, 2.05) is 0 Å². The molecule has 0 aromatic carbocycles. The molecule has 0 fully saturated rings. The number of aromatic nitrogens is 1. The van der Waals surface area contributed by atoms with Crippen molar-refractivity contribution >= 4 is 16.5 Å². The zero-order valence-corrected chi connectivity index (χ0v) is 10.7. The summed E-state index contributed by atoms with van der Waals surface area (Å²) in [6, 6.07) is 0.489. The Morgan fingerprint density at radius 3 is 2.60 bits per heavy atom. The standard InChI is InChI=1S/C11H20N2OS/c1-8(2)5-9(3)13(4)11-12-6-10(7-14)15-11/h6,8-9,14H,5,7H2,1-4H3. The first-order chi connectivity index (χ1) is 7.04. The number of hydrogen-bond acceptors (Lipinski definition) is 4. The molecular weight excluding hydrogens is 208 g/mol. The van der Waals surface area contributed by atoms with E-state index >= 15 is 0 Å². The lowest BCUT2D eigenvalue weighted by Gasteiger charge is -2.25. The molecule has 15 heavy (non-hydrogen) atoms. The number of aliphatic hydroxyl groups is 1. The molecule has 1 rings (SSSR count). The van der Waals surface area contributed by atoms with Crippen LogP contribution in [0.4, 0.5) is 5.13 Å². The summed E-state index contributed by atoms with van der Waals surface area (Å²) < 4.78 is 0. The first-order valence-electron chi connectivity index (χ1n) is 5.33. The van der Waals surface area contributed by atoms with Gasteiger partial charge in [0.2, 0.25) is 0 Å². The second kappa shape index (κ2) is 5.47. The molecular formula is C11H20N2OS. The van der Waals surface area contributed by atoms with Crippen LogP contribution in [0.2, 0.25) is 0 Å². The van der Waals surface area contributed by atoms with Gasteiger partial charge in [0.25, 0.3) is 0 Å². The maximum absolute atomic E-state index is 8.97. The van der Waals surface area contributed by atoms with E-state index in [0.29, 0.717) is 12.0 Å². The van der Waals surface area contributed by atoms with Crippen molar-refractivity contribution in [2.75, 3.05) is 11.9 Å². The molecule has 0 aliphatic rings. The van der Waals surface area contributed by atoms with Crippen LogP contribution in [0.15, 0.2) is 6.20 Å². The Balaban J connectivity index is 2.62. The molecule has 86 valence electrons. The molecule has 1 aromatic heterocycles. The van der Waals surface area contributed by atoms with E-state index in [1.54, 1.807) is 17.5 Å². The number of thiazole rings is 1. The lowest BCUT2D eigenvalue weighted by molar-refractivity contribution is 0.285. The predicted octanol–water partition coefficient (Wildman–Crippen LogP) is 2.51. The summed E-state index contributed by atoms with van der Waals surface area (Å²) in [5.41, 5.74) is 0. The van der Waals surface area contributed by atoms with Crippen LogP contribution >= 0.6 is 11.3 Å². The molecule has 4 heteroatoms. The SMILES string of the molecule is CC(C)CC(C)N(C)c1ncc(CO)s1. The summed E-state index contributed by atoms with van der Waals surface area (Å²) in [4.78, 5) is 7.41. The third-order valence-corrected chi connectivity index (χ3v) is 3.55. The molecule has 1 heterocycles. The van der Waals surface area contributed by atoms with Crippen LogP contribution in [-0.2, 0) is 6.61 Å². The topological polar surface area (TPSA) is 36.4 Å². The van der Waals surface area contributed by atoms with Crippen molar-refractivity contribution in [3.8, 4) is 0 Å². The third-order valence-electron chi connectivity index (χ3n) is 2.47. The van der Waals surface area contributed by atoms with Gasteiger partial charge in [0.05, 0.1) is 11.5 Å². The first-order valence-corrected chi connectivity index (χ1v) is 6.14. The van der Waals surface area contributed by atoms with Crippen molar-refractivity contribution in [3.63, 3.8) is 0 Å². The zero-order valence-electron chi connectivity index (χ0n) is 9.90. The number of nitrogens with zero attached hydrogens (tertiary/aromatic N) is 2. The third kappa shape index (κ3) is 3.47. The summed E-state index contributed by atoms with van der Waals surface area (Å²) in [5.74, 6) is 0.694. The first kappa shape index (κ1) is 12.5. The minimum atomic E-state index is 0.0874. The van der Waals surface area contributed by atoms with Crippen LogP contribution < -0.4 is 4.90 Å². The average Bonchev–Trinajstić information content (AvgIpc) is 2.63. The maximum Gasteiger partial charge on any atom is 0.185 e. The number of anilines is 1. The second-order valence-electron chi connectivity index (χ2n) is 4.36. The normalized spacial score (nSPS) is 13.2. The molecule has 0 radical (unpaired) electrons. The summed E-state index contributed by atoms with van der Waals surface area (Å²) in [6.45, 7) is 6.75. The van der Waals surface area contributed by atoms with Gasteiger partial charge in [-0.3, -0.25) is 0 Å². The van der Waals surface area contributed by atoms with Crippen LogP contribution in [-0.4, -0.2) is 23.2 Å². The Morgan fingerprint density at radius 1 is 1.47 bits per heavy atom. The van der Waals surface area contributed by atoms with Gasteiger partial charge in [-0.25, -0.2) is 4.98 Å². The fourth-order valence-corrected chi connectivity index (χ4v) is 2.40. The number of aliphatic hydroxyl groups excluding tert-OH is 1. The van der Waals surface area contributed by atoms with E-state index in [9.17, 15) is 0 Å². The monoisotopic (exact) mass is 228 g/mol. The molecule has 0 amide bonds. The minimum Gasteiger partial charge on any atom is -0.391 e. The molecule has 1 aromatic rings. The van der Waals surface area contributed by atoms with E-state index in [0.717, 1.165) is 16.4 Å². The molecule has 0 aliphatic heterocycles. The van der Waals surface area contributed by atoms with Gasteiger partial charge in [0.15, 0.2) is 5.13 Å². The fourth-order valence-electron chi connectivity index (χ4n) is 1.56. The van der Waals surface area contributed by atoms with E-state index < -0.39 is 0 Å². The maximum atomic E-state index is 8.97. The van der Waals surface area contributed by atoms with E-state index in [1.165, 1.54) is 0 Å². The lowest BCUT2D eigenvalue weighted by Crippen LogP contribution is -2.29. The van der Waals surface area contributed by atoms with Crippen molar-refractivity contribution in [3.05, 3.63) is 11.1 Å². The summed E-state index contributed by atoms with van der Waals surface area (Å²) >= 11 is 1.56. The molecule has 0 spiro atoms. The molecule has 1 N–H and O–H groups in total. The van der Waals surface area contributed by atoms with E-state index in [2.05, 4.69) is 37.7 Å². The lowest BCUT2D eigenvalue weighted by atomic mass is 10.0. The number of rotatable bonds is 5. The second-order valence-corrected chi connectivity index (χ2v) is 5.45. The minimum absolute atomic E-state index is 0.0874. The van der Waals surface area contributed by atoms with Gasteiger partial charge in [0, 0.05) is 19.3 Å². The highest BCUT2D eigenvalue weighted by molar-refractivity contribution is 7.15. The highest BCUT2D eigenvalue weighted by Gasteiger charge is 2.14. The zero-order chi connectivity index (χ0) is 11.4. The van der Waals surface area contributed by atoms with Crippen molar-refractivity contribution in [2.24, 2.45) is 5.92 Å². The van der Waals surface area contributed by atoms with Gasteiger partial charge in [0.1, 0.15) is 0 Å². The molecule has 1 atom stereocenters. The summed E-state index contributed by atoms with van der Waals surface area (Å²) in [5, 5.41) is 9.96. The van der Waals surface area contributed by atoms with Crippen molar-refractivity contribution in [1.82, 2.24) is 4.98 Å². The molecule has 1 unspecified atom stereocenters. The molecule has 3 nitrogen and oxygen atoms in total. The molecule has 0 saturated heterocycles. The van der Waals surface area contributed by atoms with Gasteiger partial charge >= 0.3 is 0 Å². The van der Waals surface area contributed by atoms with Crippen LogP contribution in [0.5, 0.6) is 0 Å².